The lowest BCUT2D eigenvalue weighted by Gasteiger charge is -2.18. The third kappa shape index (κ3) is 3.75. The molecule has 0 fully saturated rings. The fourth-order valence-corrected chi connectivity index (χ4v) is 3.09. The predicted octanol–water partition coefficient (Wildman–Crippen LogP) is 3.59. The number of hydrogen-bond acceptors (Lipinski definition) is 6. The number of nitrogens with one attached hydrogen (secondary N) is 1. The maximum atomic E-state index is 5.95. The third-order valence-electron chi connectivity index (χ3n) is 2.54. The van der Waals surface area contributed by atoms with Crippen molar-refractivity contribution in [2.75, 3.05) is 30.6 Å². The van der Waals surface area contributed by atoms with Crippen LogP contribution in [0.2, 0.25) is 4.34 Å². The molecule has 2 aromatic heterocycles. The molecule has 0 aliphatic heterocycles. The zero-order valence-electron chi connectivity index (χ0n) is 11.0. The highest BCUT2D eigenvalue weighted by Crippen LogP contribution is 2.25. The molecule has 0 radical (unpaired) electrons. The first-order valence-electron chi connectivity index (χ1n) is 5.68. The lowest BCUT2D eigenvalue weighted by molar-refractivity contribution is 0.867. The van der Waals surface area contributed by atoms with Gasteiger partial charge in [0.1, 0.15) is 11.6 Å². The van der Waals surface area contributed by atoms with Gasteiger partial charge in [0.25, 0.3) is 0 Å². The zero-order valence-corrected chi connectivity index (χ0v) is 13.4. The monoisotopic (exact) mass is 314 g/mol. The second-order valence-electron chi connectivity index (χ2n) is 3.91. The summed E-state index contributed by atoms with van der Waals surface area (Å²) in [6.45, 7) is 0.783. The van der Waals surface area contributed by atoms with E-state index in [0.29, 0.717) is 0 Å². The summed E-state index contributed by atoms with van der Waals surface area (Å²) in [6, 6.07) is 5.90. The first-order valence-corrected chi connectivity index (χ1v) is 8.10. The van der Waals surface area contributed by atoms with Gasteiger partial charge in [-0.1, -0.05) is 23.4 Å². The second kappa shape index (κ2) is 6.45. The van der Waals surface area contributed by atoms with Crippen LogP contribution in [0.4, 0.5) is 11.6 Å². The quantitative estimate of drug-likeness (QED) is 0.674. The van der Waals surface area contributed by atoms with E-state index in [1.807, 2.05) is 38.6 Å². The molecule has 102 valence electrons. The minimum atomic E-state index is 0.762. The Bertz CT molecular complexity index is 536. The highest BCUT2D eigenvalue weighted by Gasteiger charge is 2.09. The van der Waals surface area contributed by atoms with E-state index in [0.717, 1.165) is 27.7 Å². The van der Waals surface area contributed by atoms with E-state index in [-0.39, 0.29) is 0 Å². The zero-order chi connectivity index (χ0) is 13.8. The number of aromatic nitrogens is 2. The summed E-state index contributed by atoms with van der Waals surface area (Å²) in [5, 5.41) is 3.82. The summed E-state index contributed by atoms with van der Waals surface area (Å²) >= 11 is 9.07. The van der Waals surface area contributed by atoms with Gasteiger partial charge in [-0.2, -0.15) is 0 Å². The number of rotatable bonds is 5. The minimum Gasteiger partial charge on any atom is -0.373 e. The maximum absolute atomic E-state index is 5.95. The molecule has 4 nitrogen and oxygen atoms in total. The van der Waals surface area contributed by atoms with Crippen molar-refractivity contribution in [2.24, 2.45) is 0 Å². The molecule has 0 aliphatic rings. The van der Waals surface area contributed by atoms with Crippen molar-refractivity contribution in [1.29, 1.82) is 0 Å². The molecular formula is C12H15ClN4S2. The van der Waals surface area contributed by atoms with Crippen molar-refractivity contribution in [1.82, 2.24) is 9.97 Å². The summed E-state index contributed by atoms with van der Waals surface area (Å²) in [6.07, 6.45) is 1.97. The normalized spacial score (nSPS) is 10.5. The summed E-state index contributed by atoms with van der Waals surface area (Å²) in [5.74, 6) is 1.72. The Labute approximate surface area is 126 Å². The van der Waals surface area contributed by atoms with Gasteiger partial charge in [0.05, 0.1) is 10.9 Å². The van der Waals surface area contributed by atoms with Gasteiger partial charge in [-0.3, -0.25) is 0 Å². The van der Waals surface area contributed by atoms with E-state index in [9.17, 15) is 0 Å². The summed E-state index contributed by atoms with van der Waals surface area (Å²) in [7, 11) is 3.87. The van der Waals surface area contributed by atoms with Crippen LogP contribution in [0, 0.1) is 0 Å². The van der Waals surface area contributed by atoms with Crippen molar-refractivity contribution in [2.45, 2.75) is 11.7 Å². The van der Waals surface area contributed by atoms with Crippen LogP contribution < -0.4 is 10.2 Å². The van der Waals surface area contributed by atoms with Gasteiger partial charge in [0.15, 0.2) is 5.16 Å². The van der Waals surface area contributed by atoms with Crippen LogP contribution in [-0.2, 0) is 6.54 Å². The van der Waals surface area contributed by atoms with Crippen molar-refractivity contribution >= 4 is 46.3 Å². The van der Waals surface area contributed by atoms with Gasteiger partial charge in [-0.15, -0.1) is 11.3 Å². The fourth-order valence-electron chi connectivity index (χ4n) is 1.58. The smallest absolute Gasteiger partial charge is 0.191 e. The van der Waals surface area contributed by atoms with E-state index < -0.39 is 0 Å². The van der Waals surface area contributed by atoms with Gasteiger partial charge in [0.2, 0.25) is 0 Å². The van der Waals surface area contributed by atoms with Crippen LogP contribution in [0.15, 0.2) is 23.4 Å². The lowest BCUT2D eigenvalue weighted by Crippen LogP contribution is -2.17. The second-order valence-corrected chi connectivity index (χ2v) is 6.48. The standard InChI is InChI=1S/C12H15ClN4S2/c1-14-10-6-11(16-12(15-10)18-3)17(2)7-8-4-5-9(13)19-8/h4-6H,7H2,1-3H3,(H,14,15,16). The van der Waals surface area contributed by atoms with Crippen LogP contribution in [0.3, 0.4) is 0 Å². The van der Waals surface area contributed by atoms with Crippen LogP contribution >= 0.6 is 34.7 Å². The van der Waals surface area contributed by atoms with Crippen LogP contribution in [0.5, 0.6) is 0 Å². The maximum Gasteiger partial charge on any atom is 0.191 e. The topological polar surface area (TPSA) is 41.0 Å². The van der Waals surface area contributed by atoms with E-state index in [1.54, 1.807) is 11.3 Å². The number of thiophene rings is 1. The molecule has 7 heteroatoms. The SMILES string of the molecule is CNc1cc(N(C)Cc2ccc(Cl)s2)nc(SC)n1. The molecule has 0 saturated carbocycles. The first kappa shape index (κ1) is 14.4. The molecule has 19 heavy (non-hydrogen) atoms. The predicted molar refractivity (Wildman–Crippen MR) is 84.8 cm³/mol. The number of hydrogen-bond donors (Lipinski definition) is 1. The molecule has 0 unspecified atom stereocenters. The fraction of sp³-hybridized carbons (Fsp3) is 0.333. The van der Waals surface area contributed by atoms with Gasteiger partial charge in [0, 0.05) is 25.0 Å². The largest absolute Gasteiger partial charge is 0.373 e. The molecule has 0 atom stereocenters. The molecular weight excluding hydrogens is 300 g/mol. The Morgan fingerprint density at radius 2 is 2.21 bits per heavy atom. The highest BCUT2D eigenvalue weighted by molar-refractivity contribution is 7.98. The molecule has 0 saturated heterocycles. The summed E-state index contributed by atoms with van der Waals surface area (Å²) < 4.78 is 0.812. The molecule has 0 aliphatic carbocycles. The number of nitrogens with zero attached hydrogens (tertiary/aromatic N) is 3. The number of thioether (sulfide) groups is 1. The molecule has 2 heterocycles. The van der Waals surface area contributed by atoms with E-state index in [1.165, 1.54) is 16.6 Å². The van der Waals surface area contributed by atoms with Gasteiger partial charge >= 0.3 is 0 Å². The van der Waals surface area contributed by atoms with Crippen LogP contribution in [0.25, 0.3) is 0 Å². The van der Waals surface area contributed by atoms with E-state index >= 15 is 0 Å². The Morgan fingerprint density at radius 1 is 1.42 bits per heavy atom. The average Bonchev–Trinajstić information content (AvgIpc) is 2.83. The summed E-state index contributed by atoms with van der Waals surface area (Å²) in [5.41, 5.74) is 0. The van der Waals surface area contributed by atoms with Crippen molar-refractivity contribution in [3.05, 3.63) is 27.4 Å². The minimum absolute atomic E-state index is 0.762. The van der Waals surface area contributed by atoms with Crippen molar-refractivity contribution in [3.8, 4) is 0 Å². The Morgan fingerprint density at radius 3 is 2.79 bits per heavy atom. The van der Waals surface area contributed by atoms with Gasteiger partial charge < -0.3 is 10.2 Å². The number of halogens is 1. The Balaban J connectivity index is 2.20. The number of anilines is 2. The third-order valence-corrected chi connectivity index (χ3v) is 4.31. The van der Waals surface area contributed by atoms with Crippen LogP contribution in [-0.4, -0.2) is 30.3 Å². The van der Waals surface area contributed by atoms with Crippen LogP contribution in [0.1, 0.15) is 4.88 Å². The van der Waals surface area contributed by atoms with E-state index in [2.05, 4.69) is 20.2 Å². The lowest BCUT2D eigenvalue weighted by atomic mass is 10.4. The van der Waals surface area contributed by atoms with Crippen molar-refractivity contribution in [3.63, 3.8) is 0 Å². The molecule has 1 N–H and O–H groups in total. The molecule has 2 aromatic rings. The average molecular weight is 315 g/mol. The Kier molecular flexibility index (Phi) is 4.90. The van der Waals surface area contributed by atoms with Crippen molar-refractivity contribution < 1.29 is 0 Å². The highest BCUT2D eigenvalue weighted by atomic mass is 35.5. The molecule has 2 rings (SSSR count). The first-order chi connectivity index (χ1) is 9.12. The molecule has 0 aromatic carbocycles. The molecule has 0 amide bonds. The molecule has 0 bridgehead atoms. The Hall–Kier alpha value is -0.980. The van der Waals surface area contributed by atoms with Gasteiger partial charge in [-0.25, -0.2) is 9.97 Å². The molecule has 0 spiro atoms. The van der Waals surface area contributed by atoms with E-state index in [4.69, 9.17) is 11.6 Å². The summed E-state index contributed by atoms with van der Waals surface area (Å²) in [4.78, 5) is 12.2. The van der Waals surface area contributed by atoms with Gasteiger partial charge in [-0.05, 0) is 18.4 Å².